The van der Waals surface area contributed by atoms with Crippen molar-refractivity contribution in [2.45, 2.75) is 49.0 Å². The highest BCUT2D eigenvalue weighted by molar-refractivity contribution is 7.98. The van der Waals surface area contributed by atoms with Gasteiger partial charge in [0.1, 0.15) is 23.3 Å². The van der Waals surface area contributed by atoms with Crippen LogP contribution in [0.15, 0.2) is 11.4 Å². The van der Waals surface area contributed by atoms with Gasteiger partial charge in [-0.15, -0.1) is 0 Å². The van der Waals surface area contributed by atoms with Crippen molar-refractivity contribution in [3.63, 3.8) is 0 Å². The van der Waals surface area contributed by atoms with Crippen LogP contribution in [0, 0.1) is 11.3 Å². The molecule has 1 aromatic rings. The molecule has 1 aliphatic carbocycles. The Kier molecular flexibility index (Phi) is 4.35. The summed E-state index contributed by atoms with van der Waals surface area (Å²) in [6, 6.07) is 1.89. The van der Waals surface area contributed by atoms with Gasteiger partial charge in [-0.2, -0.15) is 10.2 Å². The summed E-state index contributed by atoms with van der Waals surface area (Å²) in [7, 11) is 0. The molecule has 1 heterocycles. The third-order valence-corrected chi connectivity index (χ3v) is 3.93. The molecule has 1 N–H and O–H groups in total. The fourth-order valence-electron chi connectivity index (χ4n) is 2.32. The molecule has 2 atom stereocenters. The molecule has 2 unspecified atom stereocenters. The Labute approximate surface area is 125 Å². The minimum atomic E-state index is -2.91. The van der Waals surface area contributed by atoms with E-state index >= 15 is 0 Å². The minimum absolute atomic E-state index is 0.0104. The normalized spacial score (nSPS) is 27.9. The van der Waals surface area contributed by atoms with Crippen LogP contribution in [-0.4, -0.2) is 39.0 Å². The van der Waals surface area contributed by atoms with Gasteiger partial charge in [-0.3, -0.25) is 0 Å². The molecule has 0 bridgehead atoms. The van der Waals surface area contributed by atoms with Gasteiger partial charge in [-0.25, -0.2) is 13.8 Å². The molecule has 1 aromatic heterocycles. The van der Waals surface area contributed by atoms with E-state index in [0.29, 0.717) is 5.16 Å². The van der Waals surface area contributed by atoms with Crippen LogP contribution < -0.4 is 4.74 Å². The van der Waals surface area contributed by atoms with Crippen LogP contribution in [0.4, 0.5) is 8.78 Å². The number of nitrogens with zero attached hydrogens (tertiary/aromatic N) is 3. The number of nitriles is 1. The first-order valence-electron chi connectivity index (χ1n) is 6.35. The van der Waals surface area contributed by atoms with E-state index in [1.54, 1.807) is 6.26 Å². The van der Waals surface area contributed by atoms with E-state index in [2.05, 4.69) is 9.97 Å². The molecule has 114 valence electrons. The van der Waals surface area contributed by atoms with E-state index in [4.69, 9.17) is 10.00 Å². The lowest BCUT2D eigenvalue weighted by Crippen LogP contribution is -2.51. The second-order valence-electron chi connectivity index (χ2n) is 5.22. The van der Waals surface area contributed by atoms with Crippen LogP contribution in [-0.2, 0) is 0 Å². The molecule has 1 saturated carbocycles. The molecule has 0 spiro atoms. The summed E-state index contributed by atoms with van der Waals surface area (Å²) in [5.41, 5.74) is -1.57. The molecule has 0 aromatic carbocycles. The fraction of sp³-hybridized carbons (Fsp3) is 0.615. The quantitative estimate of drug-likeness (QED) is 0.681. The summed E-state index contributed by atoms with van der Waals surface area (Å²) in [6.45, 7) is 1.31. The molecule has 8 heteroatoms. The molecule has 2 rings (SSSR count). The summed E-state index contributed by atoms with van der Waals surface area (Å²) in [6.07, 6.45) is 1.20. The Morgan fingerprint density at radius 3 is 2.86 bits per heavy atom. The van der Waals surface area contributed by atoms with Gasteiger partial charge in [-0.1, -0.05) is 11.8 Å². The van der Waals surface area contributed by atoms with E-state index < -0.39 is 24.0 Å². The smallest absolute Gasteiger partial charge is 0.251 e. The van der Waals surface area contributed by atoms with E-state index in [1.807, 2.05) is 6.07 Å². The van der Waals surface area contributed by atoms with Gasteiger partial charge < -0.3 is 9.84 Å². The number of halogens is 2. The summed E-state index contributed by atoms with van der Waals surface area (Å²) in [4.78, 5) is 8.01. The summed E-state index contributed by atoms with van der Waals surface area (Å²) < 4.78 is 32.3. The molecule has 0 aliphatic heterocycles. The Hall–Kier alpha value is -1.46. The Morgan fingerprint density at radius 2 is 2.29 bits per heavy atom. The number of aromatic nitrogens is 2. The van der Waals surface area contributed by atoms with Crippen LogP contribution in [0.1, 0.15) is 31.7 Å². The highest BCUT2D eigenvalue weighted by Crippen LogP contribution is 2.40. The standard InChI is InChI=1S/C13H15F2N3O2S/c1-12(19)7-13(14,15)4-3-9(12)20-10-8(5-16)6-17-11(18-10)21-2/h6,9,19H,3-4,7H2,1-2H3. The van der Waals surface area contributed by atoms with Crippen molar-refractivity contribution in [1.29, 1.82) is 5.26 Å². The zero-order chi connectivity index (χ0) is 15.7. The Bertz CT molecular complexity index is 575. The zero-order valence-corrected chi connectivity index (χ0v) is 12.5. The van der Waals surface area contributed by atoms with Crippen molar-refractivity contribution in [1.82, 2.24) is 9.97 Å². The van der Waals surface area contributed by atoms with Crippen LogP contribution in [0.5, 0.6) is 5.88 Å². The molecule has 0 radical (unpaired) electrons. The average molecular weight is 315 g/mol. The van der Waals surface area contributed by atoms with Crippen molar-refractivity contribution in [2.24, 2.45) is 0 Å². The second kappa shape index (κ2) is 5.73. The van der Waals surface area contributed by atoms with Crippen LogP contribution >= 0.6 is 11.8 Å². The zero-order valence-electron chi connectivity index (χ0n) is 11.6. The van der Waals surface area contributed by atoms with Gasteiger partial charge in [0.2, 0.25) is 5.88 Å². The van der Waals surface area contributed by atoms with Crippen LogP contribution in [0.25, 0.3) is 0 Å². The Morgan fingerprint density at radius 1 is 1.57 bits per heavy atom. The lowest BCUT2D eigenvalue weighted by atomic mass is 9.81. The number of hydrogen-bond donors (Lipinski definition) is 1. The molecular weight excluding hydrogens is 300 g/mol. The highest BCUT2D eigenvalue weighted by Gasteiger charge is 2.49. The summed E-state index contributed by atoms with van der Waals surface area (Å²) in [5, 5.41) is 19.6. The van der Waals surface area contributed by atoms with Gasteiger partial charge in [0.05, 0.1) is 6.20 Å². The van der Waals surface area contributed by atoms with Crippen molar-refractivity contribution in [3.05, 3.63) is 11.8 Å². The largest absolute Gasteiger partial charge is 0.470 e. The first-order valence-corrected chi connectivity index (χ1v) is 7.58. The number of alkyl halides is 2. The lowest BCUT2D eigenvalue weighted by molar-refractivity contribution is -0.162. The van der Waals surface area contributed by atoms with Crippen molar-refractivity contribution in [3.8, 4) is 11.9 Å². The number of ether oxygens (including phenoxy) is 1. The maximum Gasteiger partial charge on any atom is 0.251 e. The average Bonchev–Trinajstić information content (AvgIpc) is 2.40. The summed E-state index contributed by atoms with van der Waals surface area (Å²) >= 11 is 1.27. The third-order valence-electron chi connectivity index (χ3n) is 3.37. The van der Waals surface area contributed by atoms with Gasteiger partial charge in [0.25, 0.3) is 5.92 Å². The SMILES string of the molecule is CSc1ncc(C#N)c(OC2CCC(F)(F)CC2(C)O)n1. The maximum atomic E-state index is 13.4. The minimum Gasteiger partial charge on any atom is -0.470 e. The maximum absolute atomic E-state index is 13.4. The summed E-state index contributed by atoms with van der Waals surface area (Å²) in [5.74, 6) is -2.88. The van der Waals surface area contributed by atoms with E-state index in [0.717, 1.165) is 0 Å². The number of thioether (sulfide) groups is 1. The van der Waals surface area contributed by atoms with Gasteiger partial charge in [0.15, 0.2) is 5.16 Å². The third kappa shape index (κ3) is 3.60. The van der Waals surface area contributed by atoms with E-state index in [-0.39, 0.29) is 24.3 Å². The fourth-order valence-corrected chi connectivity index (χ4v) is 2.65. The van der Waals surface area contributed by atoms with Crippen LogP contribution in [0.2, 0.25) is 0 Å². The van der Waals surface area contributed by atoms with Crippen molar-refractivity contribution >= 4 is 11.8 Å². The van der Waals surface area contributed by atoms with Gasteiger partial charge >= 0.3 is 0 Å². The molecule has 1 aliphatic rings. The predicted molar refractivity (Wildman–Crippen MR) is 72.4 cm³/mol. The number of rotatable bonds is 3. The van der Waals surface area contributed by atoms with Gasteiger partial charge in [-0.05, 0) is 19.6 Å². The van der Waals surface area contributed by atoms with Crippen molar-refractivity contribution in [2.75, 3.05) is 6.26 Å². The molecular formula is C13H15F2N3O2S. The van der Waals surface area contributed by atoms with Gasteiger partial charge in [0, 0.05) is 12.8 Å². The van der Waals surface area contributed by atoms with Crippen LogP contribution in [0.3, 0.4) is 0 Å². The molecule has 5 nitrogen and oxygen atoms in total. The van der Waals surface area contributed by atoms with Crippen molar-refractivity contribution < 1.29 is 18.6 Å². The topological polar surface area (TPSA) is 79.0 Å². The number of hydrogen-bond acceptors (Lipinski definition) is 6. The lowest BCUT2D eigenvalue weighted by Gasteiger charge is -2.40. The molecule has 0 saturated heterocycles. The molecule has 0 amide bonds. The van der Waals surface area contributed by atoms with E-state index in [9.17, 15) is 13.9 Å². The second-order valence-corrected chi connectivity index (χ2v) is 6.00. The highest BCUT2D eigenvalue weighted by atomic mass is 32.2. The first kappa shape index (κ1) is 15.9. The molecule has 21 heavy (non-hydrogen) atoms. The molecule has 1 fully saturated rings. The first-order chi connectivity index (χ1) is 9.77. The monoisotopic (exact) mass is 315 g/mol. The van der Waals surface area contributed by atoms with E-state index in [1.165, 1.54) is 24.9 Å². The predicted octanol–water partition coefficient (Wildman–Crippen LogP) is 2.39. The Balaban J connectivity index is 2.24. The number of aliphatic hydroxyl groups is 1.